The van der Waals surface area contributed by atoms with E-state index in [0.717, 1.165) is 12.8 Å². The Kier molecular flexibility index (Phi) is 8.17. The molecule has 0 radical (unpaired) electrons. The molecule has 0 aromatic carbocycles. The second kappa shape index (κ2) is 9.24. The summed E-state index contributed by atoms with van der Waals surface area (Å²) in [4.78, 5) is 25.3. The molecule has 1 aliphatic heterocycles. The number of piperidine rings is 1. The van der Waals surface area contributed by atoms with Gasteiger partial charge in [-0.25, -0.2) is 9.10 Å². The summed E-state index contributed by atoms with van der Waals surface area (Å²) >= 11 is 4.69. The molecule has 1 saturated heterocycles. The second-order valence-electron chi connectivity index (χ2n) is 8.37. The van der Waals surface area contributed by atoms with Crippen LogP contribution in [0.1, 0.15) is 53.9 Å². The van der Waals surface area contributed by atoms with Gasteiger partial charge in [0, 0.05) is 29.2 Å². The monoisotopic (exact) mass is 386 g/mol. The van der Waals surface area contributed by atoms with Crippen molar-refractivity contribution in [1.82, 2.24) is 9.21 Å². The summed E-state index contributed by atoms with van der Waals surface area (Å²) in [6, 6.07) is 0.382. The van der Waals surface area contributed by atoms with Crippen molar-refractivity contribution in [2.45, 2.75) is 71.0 Å². The van der Waals surface area contributed by atoms with Crippen molar-refractivity contribution in [3.63, 3.8) is 0 Å². The molecule has 0 aromatic rings. The Bertz CT molecular complexity index is 516. The number of carbonyl (C=O) groups excluding carboxylic acids is 2. The van der Waals surface area contributed by atoms with Crippen molar-refractivity contribution >= 4 is 24.8 Å². The van der Waals surface area contributed by atoms with Crippen LogP contribution < -0.4 is 0 Å². The Morgan fingerprint density at radius 1 is 1.15 bits per heavy atom. The maximum absolute atomic E-state index is 11.9. The molecular formula is C19H34N2O4S. The van der Waals surface area contributed by atoms with Crippen LogP contribution in [0, 0.1) is 0 Å². The molecule has 1 heterocycles. The van der Waals surface area contributed by atoms with Crippen LogP contribution in [0.4, 0.5) is 0 Å². The van der Waals surface area contributed by atoms with Crippen molar-refractivity contribution in [2.24, 2.45) is 0 Å². The molecule has 7 heteroatoms. The van der Waals surface area contributed by atoms with Gasteiger partial charge in [-0.2, -0.15) is 0 Å². The largest absolute Gasteiger partial charge is 0.462 e. The first-order chi connectivity index (χ1) is 11.9. The van der Waals surface area contributed by atoms with E-state index in [1.807, 2.05) is 7.05 Å². The van der Waals surface area contributed by atoms with Gasteiger partial charge in [-0.3, -0.25) is 4.79 Å². The van der Waals surface area contributed by atoms with Crippen LogP contribution in [0.5, 0.6) is 0 Å². The topological polar surface area (TPSA) is 59.1 Å². The average molecular weight is 387 g/mol. The third-order valence-electron chi connectivity index (χ3n) is 4.84. The number of hydrogen-bond donors (Lipinski definition) is 1. The van der Waals surface area contributed by atoms with E-state index in [2.05, 4.69) is 43.5 Å². The van der Waals surface area contributed by atoms with Gasteiger partial charge in [0.05, 0.1) is 6.42 Å². The first kappa shape index (κ1) is 23.0. The minimum Gasteiger partial charge on any atom is -0.462 e. The standard InChI is InChI=1S/C19H34N2O4S/c1-14(2)17(23)25-11-10-24-16(22)8-9-20(7)15-12-18(3,4)21(26)19(5,6)13-15/h15,26H,1,8-13H2,2-7H3. The number of hydrogen-bond acceptors (Lipinski definition) is 7. The third kappa shape index (κ3) is 6.59. The highest BCUT2D eigenvalue weighted by atomic mass is 32.1. The van der Waals surface area contributed by atoms with E-state index in [1.54, 1.807) is 6.92 Å². The molecule has 26 heavy (non-hydrogen) atoms. The van der Waals surface area contributed by atoms with Crippen molar-refractivity contribution in [1.29, 1.82) is 0 Å². The number of esters is 2. The Hall–Kier alpha value is -1.05. The zero-order chi connectivity index (χ0) is 20.1. The highest BCUT2D eigenvalue weighted by Gasteiger charge is 2.44. The summed E-state index contributed by atoms with van der Waals surface area (Å²) in [7, 11) is 2.05. The molecule has 0 saturated carbocycles. The normalized spacial score (nSPS) is 20.0. The minimum atomic E-state index is -0.471. The van der Waals surface area contributed by atoms with E-state index < -0.39 is 5.97 Å². The predicted molar refractivity (Wildman–Crippen MR) is 106 cm³/mol. The summed E-state index contributed by atoms with van der Waals surface area (Å²) < 4.78 is 12.2. The zero-order valence-corrected chi connectivity index (χ0v) is 17.9. The van der Waals surface area contributed by atoms with Crippen molar-refractivity contribution in [3.05, 3.63) is 12.2 Å². The lowest BCUT2D eigenvalue weighted by molar-refractivity contribution is -0.150. The van der Waals surface area contributed by atoms with Gasteiger partial charge in [-0.1, -0.05) is 19.4 Å². The fourth-order valence-electron chi connectivity index (χ4n) is 3.46. The van der Waals surface area contributed by atoms with E-state index in [0.29, 0.717) is 24.6 Å². The van der Waals surface area contributed by atoms with E-state index in [4.69, 9.17) is 22.3 Å². The summed E-state index contributed by atoms with van der Waals surface area (Å²) in [5.74, 6) is -0.755. The lowest BCUT2D eigenvalue weighted by Crippen LogP contribution is -2.60. The first-order valence-electron chi connectivity index (χ1n) is 9.04. The van der Waals surface area contributed by atoms with Gasteiger partial charge < -0.3 is 14.4 Å². The van der Waals surface area contributed by atoms with Gasteiger partial charge in [0.2, 0.25) is 0 Å². The number of ether oxygens (including phenoxy) is 2. The van der Waals surface area contributed by atoms with Gasteiger partial charge >= 0.3 is 11.9 Å². The van der Waals surface area contributed by atoms with Gasteiger partial charge in [0.25, 0.3) is 0 Å². The van der Waals surface area contributed by atoms with Crippen LogP contribution in [-0.2, 0) is 19.1 Å². The molecule has 6 nitrogen and oxygen atoms in total. The molecule has 0 aromatic heterocycles. The molecule has 0 N–H and O–H groups in total. The minimum absolute atomic E-state index is 0.0164. The lowest BCUT2D eigenvalue weighted by atomic mass is 9.79. The summed E-state index contributed by atoms with van der Waals surface area (Å²) in [6.07, 6.45) is 2.29. The van der Waals surface area contributed by atoms with E-state index >= 15 is 0 Å². The van der Waals surface area contributed by atoms with E-state index in [-0.39, 0.29) is 30.3 Å². The second-order valence-corrected chi connectivity index (χ2v) is 8.77. The highest BCUT2D eigenvalue weighted by molar-refractivity contribution is 7.77. The molecule has 150 valence electrons. The number of rotatable bonds is 8. The number of carbonyl (C=O) groups is 2. The molecule has 0 amide bonds. The Balaban J connectivity index is 2.37. The predicted octanol–water partition coefficient (Wildman–Crippen LogP) is 2.84. The number of thiol groups is 1. The SMILES string of the molecule is C=C(C)C(=O)OCCOC(=O)CCN(C)C1CC(C)(C)N(S)C(C)(C)C1. The molecular weight excluding hydrogens is 352 g/mol. The molecule has 0 bridgehead atoms. The molecule has 1 rings (SSSR count). The fraction of sp³-hybridized carbons (Fsp3) is 0.789. The Labute approximate surface area is 163 Å². The van der Waals surface area contributed by atoms with Crippen LogP contribution in [0.15, 0.2) is 12.2 Å². The van der Waals surface area contributed by atoms with Crippen LogP contribution >= 0.6 is 12.8 Å². The van der Waals surface area contributed by atoms with E-state index in [9.17, 15) is 9.59 Å². The summed E-state index contributed by atoms with van der Waals surface area (Å²) in [5, 5.41) is 0. The van der Waals surface area contributed by atoms with Gasteiger partial charge in [-0.05, 0) is 54.5 Å². The van der Waals surface area contributed by atoms with E-state index in [1.165, 1.54) is 0 Å². The average Bonchev–Trinajstić information content (AvgIpc) is 2.53. The fourth-order valence-corrected chi connectivity index (χ4v) is 3.63. The maximum Gasteiger partial charge on any atom is 0.333 e. The summed E-state index contributed by atoms with van der Waals surface area (Å²) in [6.45, 7) is 14.6. The van der Waals surface area contributed by atoms with Crippen molar-refractivity contribution in [2.75, 3.05) is 26.8 Å². The molecule has 0 atom stereocenters. The van der Waals surface area contributed by atoms with Gasteiger partial charge in [-0.15, -0.1) is 0 Å². The molecule has 0 unspecified atom stereocenters. The zero-order valence-electron chi connectivity index (χ0n) is 17.0. The van der Waals surface area contributed by atoms with Crippen LogP contribution in [0.3, 0.4) is 0 Å². The maximum atomic E-state index is 11.9. The van der Waals surface area contributed by atoms with Gasteiger partial charge in [0.1, 0.15) is 13.2 Å². The lowest BCUT2D eigenvalue weighted by Gasteiger charge is -2.54. The molecule has 0 spiro atoms. The quantitative estimate of drug-likeness (QED) is 0.300. The molecule has 0 aliphatic carbocycles. The van der Waals surface area contributed by atoms with Crippen molar-refractivity contribution in [3.8, 4) is 0 Å². The number of nitrogens with zero attached hydrogens (tertiary/aromatic N) is 2. The first-order valence-corrected chi connectivity index (χ1v) is 9.44. The van der Waals surface area contributed by atoms with Crippen molar-refractivity contribution < 1.29 is 19.1 Å². The molecule has 1 fully saturated rings. The highest BCUT2D eigenvalue weighted by Crippen LogP contribution is 2.41. The summed E-state index contributed by atoms with van der Waals surface area (Å²) in [5.41, 5.74) is 0.297. The Morgan fingerprint density at radius 2 is 1.65 bits per heavy atom. The Morgan fingerprint density at radius 3 is 2.15 bits per heavy atom. The molecule has 1 aliphatic rings. The van der Waals surface area contributed by atoms with Crippen LogP contribution in [-0.4, -0.2) is 65.1 Å². The van der Waals surface area contributed by atoms with Crippen LogP contribution in [0.2, 0.25) is 0 Å². The smallest absolute Gasteiger partial charge is 0.333 e. The van der Waals surface area contributed by atoms with Gasteiger partial charge in [0.15, 0.2) is 0 Å². The van der Waals surface area contributed by atoms with Crippen LogP contribution in [0.25, 0.3) is 0 Å². The third-order valence-corrected chi connectivity index (χ3v) is 5.92.